The molecule has 0 saturated carbocycles. The number of ketones is 1. The number of piperidine rings is 2. The SMILES string of the molecule is CN1CC2CC(C1)N2c1ccc2c(c1)Oc1cc(N3C4CC3CN(C)C4)ccc1C21C(=[N+]=[N-])C(=O)c2ccc(C(N)=O)cc21. The zero-order valence-corrected chi connectivity index (χ0v) is 24.7. The fourth-order valence-electron chi connectivity index (χ4n) is 9.18. The number of ether oxygens (including phenoxy) is 1. The zero-order valence-electron chi connectivity index (χ0n) is 24.7. The van der Waals surface area contributed by atoms with Gasteiger partial charge in [0, 0.05) is 96.1 Å². The van der Waals surface area contributed by atoms with Crippen LogP contribution in [-0.2, 0) is 5.41 Å². The molecule has 3 aromatic carbocycles. The van der Waals surface area contributed by atoms with Crippen molar-refractivity contribution in [3.63, 3.8) is 0 Å². The Hall–Kier alpha value is -4.50. The van der Waals surface area contributed by atoms with Crippen molar-refractivity contribution in [3.05, 3.63) is 87.9 Å². The molecular weight excluding hydrogens is 554 g/mol. The Bertz CT molecular complexity index is 1760. The molecule has 5 fully saturated rings. The molecule has 7 aliphatic rings. The quantitative estimate of drug-likeness (QED) is 0.370. The average Bonchev–Trinajstić information content (AvgIpc) is 3.23. The van der Waals surface area contributed by atoms with Gasteiger partial charge in [0.2, 0.25) is 5.91 Å². The van der Waals surface area contributed by atoms with Crippen molar-refractivity contribution in [1.29, 1.82) is 0 Å². The van der Waals surface area contributed by atoms with Crippen LogP contribution in [0.3, 0.4) is 0 Å². The predicted molar refractivity (Wildman–Crippen MR) is 165 cm³/mol. The van der Waals surface area contributed by atoms with E-state index in [1.165, 1.54) is 12.8 Å². The largest absolute Gasteiger partial charge is 0.457 e. The van der Waals surface area contributed by atoms with Gasteiger partial charge in [0.25, 0.3) is 5.78 Å². The van der Waals surface area contributed by atoms with Crippen molar-refractivity contribution in [2.75, 3.05) is 50.1 Å². The van der Waals surface area contributed by atoms with E-state index in [2.05, 4.69) is 62.8 Å². The third-order valence-corrected chi connectivity index (χ3v) is 10.9. The smallest absolute Gasteiger partial charge is 0.358 e. The lowest BCUT2D eigenvalue weighted by Crippen LogP contribution is -2.68. The Balaban J connectivity index is 1.26. The van der Waals surface area contributed by atoms with Crippen LogP contribution in [0, 0.1) is 0 Å². The molecule has 1 spiro atoms. The Labute approximate surface area is 255 Å². The third-order valence-electron chi connectivity index (χ3n) is 10.9. The van der Waals surface area contributed by atoms with Crippen LogP contribution in [0.1, 0.15) is 50.2 Å². The molecule has 222 valence electrons. The van der Waals surface area contributed by atoms with Gasteiger partial charge in [-0.1, -0.05) is 12.1 Å². The molecule has 1 amide bonds. The molecule has 44 heavy (non-hydrogen) atoms. The van der Waals surface area contributed by atoms with Crippen LogP contribution in [0.4, 0.5) is 11.4 Å². The minimum Gasteiger partial charge on any atom is -0.457 e. The third kappa shape index (κ3) is 3.22. The van der Waals surface area contributed by atoms with Crippen molar-refractivity contribution in [2.24, 2.45) is 5.73 Å². The van der Waals surface area contributed by atoms with Crippen LogP contribution in [0.5, 0.6) is 11.5 Å². The van der Waals surface area contributed by atoms with Crippen molar-refractivity contribution in [1.82, 2.24) is 9.80 Å². The number of benzene rings is 3. The summed E-state index contributed by atoms with van der Waals surface area (Å²) in [6.45, 7) is 4.04. The summed E-state index contributed by atoms with van der Waals surface area (Å²) >= 11 is 0. The molecule has 5 saturated heterocycles. The van der Waals surface area contributed by atoms with Crippen LogP contribution in [-0.4, -0.2) is 96.4 Å². The first kappa shape index (κ1) is 25.9. The monoisotopic (exact) mass is 587 g/mol. The molecule has 10 heteroatoms. The van der Waals surface area contributed by atoms with Gasteiger partial charge in [0.05, 0.1) is 0 Å². The normalized spacial score (nSPS) is 29.7. The summed E-state index contributed by atoms with van der Waals surface area (Å²) in [5.41, 5.74) is 19.8. The number of amides is 1. The minimum absolute atomic E-state index is 0.00897. The number of Topliss-reactive ketones (excluding diaryl/α,β-unsaturated/α-hetero) is 1. The summed E-state index contributed by atoms with van der Waals surface area (Å²) in [7, 11) is 4.33. The fourth-order valence-corrected chi connectivity index (χ4v) is 9.18. The molecule has 0 radical (unpaired) electrons. The Morgan fingerprint density at radius 3 is 1.82 bits per heavy atom. The summed E-state index contributed by atoms with van der Waals surface area (Å²) in [5.74, 6) is 0.248. The molecule has 10 rings (SSSR count). The number of likely N-dealkylation sites (tertiary alicyclic amines) is 1. The first-order chi connectivity index (χ1) is 21.3. The highest BCUT2D eigenvalue weighted by Crippen LogP contribution is 2.58. The van der Waals surface area contributed by atoms with Gasteiger partial charge in [0.1, 0.15) is 11.5 Å². The van der Waals surface area contributed by atoms with Gasteiger partial charge in [0.15, 0.2) is 5.41 Å². The number of piperazine rings is 2. The van der Waals surface area contributed by atoms with Crippen LogP contribution in [0.2, 0.25) is 0 Å². The molecule has 6 aliphatic heterocycles. The number of nitrogens with two attached hydrogens (primary N) is 1. The maximum absolute atomic E-state index is 13.9. The van der Waals surface area contributed by atoms with Crippen LogP contribution >= 0.6 is 0 Å². The summed E-state index contributed by atoms with van der Waals surface area (Å²) < 4.78 is 6.78. The van der Waals surface area contributed by atoms with Gasteiger partial charge in [-0.25, -0.2) is 0 Å². The summed E-state index contributed by atoms with van der Waals surface area (Å²) in [6.07, 6.45) is 2.34. The van der Waals surface area contributed by atoms with E-state index in [9.17, 15) is 15.1 Å². The molecule has 3 aromatic rings. The topological polar surface area (TPSA) is 119 Å². The van der Waals surface area contributed by atoms with Crippen LogP contribution in [0.25, 0.3) is 5.53 Å². The highest BCUT2D eigenvalue weighted by atomic mass is 16.5. The Morgan fingerprint density at radius 1 is 0.818 bits per heavy atom. The second-order valence-corrected chi connectivity index (χ2v) is 13.5. The lowest BCUT2D eigenvalue weighted by molar-refractivity contribution is -0.0118. The highest BCUT2D eigenvalue weighted by molar-refractivity contribution is 6.52. The number of nitrogens with zero attached hydrogens (tertiary/aromatic N) is 6. The summed E-state index contributed by atoms with van der Waals surface area (Å²) in [6, 6.07) is 18.9. The van der Waals surface area contributed by atoms with Gasteiger partial charge in [-0.2, -0.15) is 4.79 Å². The second-order valence-electron chi connectivity index (χ2n) is 13.5. The zero-order chi connectivity index (χ0) is 30.1. The van der Waals surface area contributed by atoms with E-state index in [1.54, 1.807) is 18.2 Å². The number of rotatable bonds is 3. The first-order valence-electron chi connectivity index (χ1n) is 15.4. The molecule has 1 aliphatic carbocycles. The van der Waals surface area contributed by atoms with Crippen molar-refractivity contribution < 1.29 is 19.1 Å². The van der Waals surface area contributed by atoms with E-state index in [1.807, 2.05) is 12.1 Å². The van der Waals surface area contributed by atoms with Crippen molar-refractivity contribution in [2.45, 2.75) is 42.4 Å². The lowest BCUT2D eigenvalue weighted by atomic mass is 9.67. The van der Waals surface area contributed by atoms with E-state index in [4.69, 9.17) is 10.5 Å². The molecular formula is C34H33N7O3. The van der Waals surface area contributed by atoms with Crippen molar-refractivity contribution in [3.8, 4) is 11.5 Å². The van der Waals surface area contributed by atoms with E-state index in [-0.39, 0.29) is 17.1 Å². The number of likely N-dealkylation sites (N-methyl/N-ethyl adjacent to an activating group) is 2. The van der Waals surface area contributed by atoms with E-state index in [0.717, 1.165) is 37.6 Å². The number of primary amides is 1. The van der Waals surface area contributed by atoms with Gasteiger partial charge < -0.3 is 35.6 Å². The number of carbonyl (C=O) groups excluding carboxylic acids is 2. The lowest BCUT2D eigenvalue weighted by Gasteiger charge is -2.57. The van der Waals surface area contributed by atoms with E-state index >= 15 is 0 Å². The summed E-state index contributed by atoms with van der Waals surface area (Å²) in [5, 5.41) is 0. The number of carbonyl (C=O) groups is 2. The molecule has 10 nitrogen and oxygen atoms in total. The number of hydrogen-bond donors (Lipinski definition) is 1. The minimum atomic E-state index is -1.28. The maximum atomic E-state index is 13.9. The van der Waals surface area contributed by atoms with Gasteiger partial charge in [-0.3, -0.25) is 9.59 Å². The standard InChI is InChI=1S/C34H33N7O3/c1-38-14-21-10-22(15-38)40(21)19-4-7-26-29(12-19)44-30-13-20(41-23-11-24(41)17-39(2)16-23)5-8-27(30)34(26)28-9-18(33(35)43)3-6-25(28)31(42)32(34)37-36/h3-9,12-13,21-24H,10-11,14-17H2,1-2H3,(H2,35,43). The second kappa shape index (κ2) is 8.79. The number of anilines is 2. The molecule has 0 aromatic heterocycles. The highest BCUT2D eigenvalue weighted by Gasteiger charge is 2.62. The first-order valence-corrected chi connectivity index (χ1v) is 15.4. The van der Waals surface area contributed by atoms with Crippen LogP contribution < -0.4 is 20.3 Å². The van der Waals surface area contributed by atoms with E-state index < -0.39 is 11.3 Å². The molecule has 2 N–H and O–H groups in total. The van der Waals surface area contributed by atoms with Gasteiger partial charge >= 0.3 is 5.71 Å². The maximum Gasteiger partial charge on any atom is 0.358 e. The number of hydrogen-bond acceptors (Lipinski definition) is 7. The molecule has 4 bridgehead atoms. The fraction of sp³-hybridized carbons (Fsp3) is 0.382. The average molecular weight is 588 g/mol. The molecule has 4 atom stereocenters. The Morgan fingerprint density at radius 2 is 1.34 bits per heavy atom. The van der Waals surface area contributed by atoms with E-state index in [0.29, 0.717) is 57.9 Å². The Kier molecular flexibility index (Phi) is 5.18. The van der Waals surface area contributed by atoms with Crippen molar-refractivity contribution >= 4 is 28.8 Å². The molecule has 4 unspecified atom stereocenters. The summed E-state index contributed by atoms with van der Waals surface area (Å²) in [4.78, 5) is 39.7. The van der Waals surface area contributed by atoms with Gasteiger partial charge in [-0.15, -0.1) is 0 Å². The predicted octanol–water partition coefficient (Wildman–Crippen LogP) is 2.88. The van der Waals surface area contributed by atoms with Gasteiger partial charge in [-0.05, 0) is 62.8 Å². The number of fused-ring (bicyclic) bond motifs is 10. The molecule has 6 heterocycles. The van der Waals surface area contributed by atoms with Crippen LogP contribution in [0.15, 0.2) is 54.6 Å².